The molecule has 0 aliphatic rings. The van der Waals surface area contributed by atoms with E-state index in [1.165, 1.54) is 18.5 Å². The lowest BCUT2D eigenvalue weighted by atomic mass is 10.3. The van der Waals surface area contributed by atoms with Crippen LogP contribution >= 0.6 is 0 Å². The molecule has 2 aromatic rings. The van der Waals surface area contributed by atoms with Crippen molar-refractivity contribution in [2.45, 2.75) is 0 Å². The van der Waals surface area contributed by atoms with Crippen molar-refractivity contribution >= 4 is 6.29 Å². The minimum Gasteiger partial charge on any atom is -0.505 e. The van der Waals surface area contributed by atoms with E-state index in [2.05, 4.69) is 9.40 Å². The third-order valence-electron chi connectivity index (χ3n) is 1.55. The number of carbonyl (C=O) groups excluding carboxylic acids is 1. The Labute approximate surface area is 91.6 Å². The van der Waals surface area contributed by atoms with Gasteiger partial charge in [0.1, 0.15) is 6.07 Å². The molecule has 0 atom stereocenters. The smallest absolute Gasteiger partial charge is 0.185 e. The molecular weight excluding hydrogens is 208 g/mol. The van der Waals surface area contributed by atoms with Crippen molar-refractivity contribution in [3.63, 3.8) is 0 Å². The summed E-state index contributed by atoms with van der Waals surface area (Å²) in [5.74, 6) is 0.306. The van der Waals surface area contributed by atoms with Gasteiger partial charge in [0.25, 0.3) is 0 Å². The first-order chi connectivity index (χ1) is 7.77. The van der Waals surface area contributed by atoms with Gasteiger partial charge in [0.2, 0.25) is 0 Å². The number of aldehydes is 1. The maximum atomic E-state index is 9.77. The van der Waals surface area contributed by atoms with Crippen LogP contribution in [0.4, 0.5) is 0 Å². The van der Waals surface area contributed by atoms with Gasteiger partial charge in [0.15, 0.2) is 23.5 Å². The van der Waals surface area contributed by atoms with Crippen molar-refractivity contribution in [3.05, 3.63) is 48.2 Å². The molecule has 0 bridgehead atoms. The SMILES string of the molecule is N#Cc1ncccc1O.O=Cc1ccco1. The number of carbonyl (C=O) groups is 1. The van der Waals surface area contributed by atoms with Crippen molar-refractivity contribution in [1.82, 2.24) is 4.98 Å². The van der Waals surface area contributed by atoms with Crippen LogP contribution in [-0.2, 0) is 0 Å². The highest BCUT2D eigenvalue weighted by atomic mass is 16.3. The van der Waals surface area contributed by atoms with Crippen molar-refractivity contribution in [1.29, 1.82) is 5.26 Å². The van der Waals surface area contributed by atoms with E-state index in [4.69, 9.17) is 10.4 Å². The minimum absolute atomic E-state index is 0.0671. The monoisotopic (exact) mass is 216 g/mol. The number of aromatic nitrogens is 1. The lowest BCUT2D eigenvalue weighted by Crippen LogP contribution is -1.79. The second-order valence-electron chi connectivity index (χ2n) is 2.62. The molecule has 1 N–H and O–H groups in total. The van der Waals surface area contributed by atoms with Gasteiger partial charge in [-0.2, -0.15) is 5.26 Å². The second-order valence-corrected chi connectivity index (χ2v) is 2.62. The summed E-state index contributed by atoms with van der Waals surface area (Å²) in [6.07, 6.45) is 3.59. The first kappa shape index (κ1) is 11.5. The van der Waals surface area contributed by atoms with Crippen molar-refractivity contribution in [2.24, 2.45) is 0 Å². The van der Waals surface area contributed by atoms with Crippen LogP contribution < -0.4 is 0 Å². The fourth-order valence-corrected chi connectivity index (χ4v) is 0.841. The van der Waals surface area contributed by atoms with Gasteiger partial charge in [-0.1, -0.05) is 0 Å². The van der Waals surface area contributed by atoms with E-state index in [-0.39, 0.29) is 11.4 Å². The third kappa shape index (κ3) is 3.27. The fourth-order valence-electron chi connectivity index (χ4n) is 0.841. The summed E-state index contributed by atoms with van der Waals surface area (Å²) in [5, 5.41) is 17.1. The largest absolute Gasteiger partial charge is 0.505 e. The molecule has 0 spiro atoms. The summed E-state index contributed by atoms with van der Waals surface area (Å²) in [6, 6.07) is 8.00. The molecule has 2 heterocycles. The standard InChI is InChI=1S/C6H4N2O.C5H4O2/c7-4-5-6(9)2-1-3-8-5;6-4-5-2-1-3-7-5/h1-3,9H;1-4H. The van der Waals surface area contributed by atoms with E-state index in [0.717, 1.165) is 0 Å². The molecule has 2 rings (SSSR count). The molecule has 0 saturated heterocycles. The fraction of sp³-hybridized carbons (Fsp3) is 0. The Morgan fingerprint density at radius 3 is 2.62 bits per heavy atom. The number of furan rings is 1. The van der Waals surface area contributed by atoms with E-state index in [1.807, 2.05) is 0 Å². The number of aromatic hydroxyl groups is 1. The van der Waals surface area contributed by atoms with Crippen LogP contribution in [-0.4, -0.2) is 16.4 Å². The Morgan fingerprint density at radius 1 is 1.44 bits per heavy atom. The molecule has 0 aliphatic heterocycles. The molecule has 16 heavy (non-hydrogen) atoms. The third-order valence-corrected chi connectivity index (χ3v) is 1.55. The van der Waals surface area contributed by atoms with E-state index < -0.39 is 0 Å². The topological polar surface area (TPSA) is 87.1 Å². The van der Waals surface area contributed by atoms with E-state index in [9.17, 15) is 4.79 Å². The summed E-state index contributed by atoms with van der Waals surface area (Å²) >= 11 is 0. The molecule has 0 aromatic carbocycles. The van der Waals surface area contributed by atoms with Crippen LogP contribution in [0.3, 0.4) is 0 Å². The number of hydrogen-bond donors (Lipinski definition) is 1. The molecule has 0 aliphatic carbocycles. The molecular formula is C11H8N2O3. The molecule has 0 saturated carbocycles. The van der Waals surface area contributed by atoms with Crippen LogP contribution in [0.2, 0.25) is 0 Å². The summed E-state index contributed by atoms with van der Waals surface area (Å²) in [6.45, 7) is 0. The molecule has 0 unspecified atom stereocenters. The predicted octanol–water partition coefficient (Wildman–Crippen LogP) is 1.75. The predicted molar refractivity (Wildman–Crippen MR) is 54.7 cm³/mol. The molecule has 0 fully saturated rings. The zero-order valence-corrected chi connectivity index (χ0v) is 8.20. The number of nitriles is 1. The maximum absolute atomic E-state index is 9.77. The second kappa shape index (κ2) is 5.98. The number of nitrogens with zero attached hydrogens (tertiary/aromatic N) is 2. The van der Waals surface area contributed by atoms with E-state index in [0.29, 0.717) is 12.0 Å². The lowest BCUT2D eigenvalue weighted by Gasteiger charge is -1.88. The number of hydrogen-bond acceptors (Lipinski definition) is 5. The van der Waals surface area contributed by atoms with Gasteiger partial charge in [0.05, 0.1) is 6.26 Å². The number of pyridine rings is 1. The lowest BCUT2D eigenvalue weighted by molar-refractivity contribution is 0.110. The summed E-state index contributed by atoms with van der Waals surface area (Å²) in [5.41, 5.74) is 0.0671. The zero-order valence-electron chi connectivity index (χ0n) is 8.20. The Balaban J connectivity index is 0.000000165. The molecule has 5 nitrogen and oxygen atoms in total. The molecule has 0 radical (unpaired) electrons. The highest BCUT2D eigenvalue weighted by Crippen LogP contribution is 2.09. The molecule has 5 heteroatoms. The first-order valence-electron chi connectivity index (χ1n) is 4.30. The van der Waals surface area contributed by atoms with Gasteiger partial charge >= 0.3 is 0 Å². The van der Waals surface area contributed by atoms with Crippen molar-refractivity contribution < 1.29 is 14.3 Å². The van der Waals surface area contributed by atoms with Crippen LogP contribution in [0.1, 0.15) is 16.2 Å². The Kier molecular flexibility index (Phi) is 4.29. The minimum atomic E-state index is -0.0694. The zero-order chi connectivity index (χ0) is 11.8. The van der Waals surface area contributed by atoms with Gasteiger partial charge < -0.3 is 9.52 Å². The maximum Gasteiger partial charge on any atom is 0.185 e. The van der Waals surface area contributed by atoms with Crippen molar-refractivity contribution in [3.8, 4) is 11.8 Å². The van der Waals surface area contributed by atoms with Crippen LogP contribution in [0.15, 0.2) is 41.1 Å². The Bertz CT molecular complexity index is 486. The van der Waals surface area contributed by atoms with Gasteiger partial charge in [-0.15, -0.1) is 0 Å². The average molecular weight is 216 g/mol. The van der Waals surface area contributed by atoms with Crippen LogP contribution in [0.25, 0.3) is 0 Å². The highest BCUT2D eigenvalue weighted by Gasteiger charge is 1.95. The van der Waals surface area contributed by atoms with Gasteiger partial charge in [-0.05, 0) is 24.3 Å². The summed E-state index contributed by atoms with van der Waals surface area (Å²) < 4.78 is 4.61. The van der Waals surface area contributed by atoms with Crippen LogP contribution in [0.5, 0.6) is 5.75 Å². The first-order valence-corrected chi connectivity index (χ1v) is 4.30. The quantitative estimate of drug-likeness (QED) is 0.733. The van der Waals surface area contributed by atoms with Crippen LogP contribution in [0, 0.1) is 11.3 Å². The molecule has 80 valence electrons. The van der Waals surface area contributed by atoms with E-state index in [1.54, 1.807) is 24.3 Å². The highest BCUT2D eigenvalue weighted by molar-refractivity contribution is 5.69. The van der Waals surface area contributed by atoms with Crippen molar-refractivity contribution in [2.75, 3.05) is 0 Å². The van der Waals surface area contributed by atoms with E-state index >= 15 is 0 Å². The average Bonchev–Trinajstić information content (AvgIpc) is 2.83. The molecule has 2 aromatic heterocycles. The Hall–Kier alpha value is -2.61. The normalized spacial score (nSPS) is 8.44. The summed E-state index contributed by atoms with van der Waals surface area (Å²) in [4.78, 5) is 13.4. The van der Waals surface area contributed by atoms with Gasteiger partial charge in [-0.25, -0.2) is 4.98 Å². The number of rotatable bonds is 1. The van der Waals surface area contributed by atoms with Gasteiger partial charge in [-0.3, -0.25) is 4.79 Å². The van der Waals surface area contributed by atoms with Gasteiger partial charge in [0, 0.05) is 6.20 Å². The molecule has 0 amide bonds. The Morgan fingerprint density at radius 2 is 2.25 bits per heavy atom. The summed E-state index contributed by atoms with van der Waals surface area (Å²) in [7, 11) is 0.